The second-order valence-electron chi connectivity index (χ2n) is 6.95. The number of β-amino-alcohol motifs (C(OH)–C–C–N with tert-alkyl or cyclic N) is 1. The first kappa shape index (κ1) is 13.3. The number of hydrogen-bond donors (Lipinski definition) is 2. The van der Waals surface area contributed by atoms with Crippen LogP contribution < -0.4 is 10.2 Å². The Kier molecular flexibility index (Phi) is 2.89. The zero-order valence-electron chi connectivity index (χ0n) is 12.9. The average molecular weight is 288 g/mol. The number of aromatic nitrogens is 2. The van der Waals surface area contributed by atoms with Crippen LogP contribution in [0.4, 0.5) is 11.8 Å². The largest absolute Gasteiger partial charge is 0.387 e. The van der Waals surface area contributed by atoms with E-state index < -0.39 is 5.60 Å². The summed E-state index contributed by atoms with van der Waals surface area (Å²) in [6.07, 6.45) is 5.64. The van der Waals surface area contributed by atoms with Crippen LogP contribution in [-0.2, 0) is 12.8 Å². The van der Waals surface area contributed by atoms with Crippen molar-refractivity contribution in [2.75, 3.05) is 30.4 Å². The topological polar surface area (TPSA) is 61.3 Å². The molecule has 2 aliphatic carbocycles. The van der Waals surface area contributed by atoms with Crippen molar-refractivity contribution < 1.29 is 5.11 Å². The number of nitrogens with zero attached hydrogens (tertiary/aromatic N) is 3. The van der Waals surface area contributed by atoms with Gasteiger partial charge in [0.05, 0.1) is 17.8 Å². The fourth-order valence-electron chi connectivity index (χ4n) is 4.05. The van der Waals surface area contributed by atoms with E-state index in [0.717, 1.165) is 31.2 Å². The number of fused-ring (bicyclic) bond motifs is 1. The van der Waals surface area contributed by atoms with E-state index in [4.69, 9.17) is 9.97 Å². The molecule has 0 radical (unpaired) electrons. The van der Waals surface area contributed by atoms with Gasteiger partial charge in [0.25, 0.3) is 0 Å². The molecule has 3 aliphatic rings. The van der Waals surface area contributed by atoms with Gasteiger partial charge in [-0.15, -0.1) is 0 Å². The predicted molar refractivity (Wildman–Crippen MR) is 82.7 cm³/mol. The number of hydrogen-bond acceptors (Lipinski definition) is 5. The standard InChI is InChI=1S/C16H24N4O/c1-10-8-20(9-16(10,21)11-6-7-11)15-18-13-5-3-4-12(13)14(17-2)19-15/h10-11,21H,3-9H2,1-2H3,(H,17,18,19)/t10-,16+/m0/s1. The highest BCUT2D eigenvalue weighted by Gasteiger charge is 2.53. The van der Waals surface area contributed by atoms with Gasteiger partial charge in [0.2, 0.25) is 5.95 Å². The summed E-state index contributed by atoms with van der Waals surface area (Å²) in [5.74, 6) is 2.54. The summed E-state index contributed by atoms with van der Waals surface area (Å²) >= 11 is 0. The molecule has 1 saturated heterocycles. The van der Waals surface area contributed by atoms with Crippen molar-refractivity contribution in [2.45, 2.75) is 44.6 Å². The lowest BCUT2D eigenvalue weighted by molar-refractivity contribution is 0.00279. The molecule has 0 aromatic carbocycles. The van der Waals surface area contributed by atoms with Crippen molar-refractivity contribution in [3.8, 4) is 0 Å². The number of nitrogens with one attached hydrogen (secondary N) is 1. The molecule has 5 nitrogen and oxygen atoms in total. The molecular weight excluding hydrogens is 264 g/mol. The van der Waals surface area contributed by atoms with Crippen LogP contribution in [-0.4, -0.2) is 40.8 Å². The highest BCUT2D eigenvalue weighted by molar-refractivity contribution is 5.53. The van der Waals surface area contributed by atoms with E-state index in [1.165, 1.54) is 30.5 Å². The lowest BCUT2D eigenvalue weighted by atomic mass is 9.88. The Morgan fingerprint density at radius 3 is 2.81 bits per heavy atom. The lowest BCUT2D eigenvalue weighted by Gasteiger charge is -2.26. The number of aryl methyl sites for hydroxylation is 1. The third kappa shape index (κ3) is 2.01. The van der Waals surface area contributed by atoms with Gasteiger partial charge < -0.3 is 15.3 Å². The summed E-state index contributed by atoms with van der Waals surface area (Å²) in [6.45, 7) is 3.69. The second-order valence-corrected chi connectivity index (χ2v) is 6.95. The quantitative estimate of drug-likeness (QED) is 0.885. The predicted octanol–water partition coefficient (Wildman–Crippen LogP) is 1.60. The zero-order valence-corrected chi connectivity index (χ0v) is 12.9. The Morgan fingerprint density at radius 1 is 1.29 bits per heavy atom. The van der Waals surface area contributed by atoms with Gasteiger partial charge in [0.15, 0.2) is 0 Å². The third-order valence-corrected chi connectivity index (χ3v) is 5.52. The minimum Gasteiger partial charge on any atom is -0.387 e. The molecule has 1 saturated carbocycles. The monoisotopic (exact) mass is 288 g/mol. The molecule has 0 spiro atoms. The third-order valence-electron chi connectivity index (χ3n) is 5.52. The molecule has 0 amide bonds. The van der Waals surface area contributed by atoms with Gasteiger partial charge in [-0.25, -0.2) is 4.98 Å². The molecule has 2 atom stereocenters. The van der Waals surface area contributed by atoms with Gasteiger partial charge in [-0.05, 0) is 38.0 Å². The van der Waals surface area contributed by atoms with Crippen LogP contribution in [0.15, 0.2) is 0 Å². The van der Waals surface area contributed by atoms with Crippen molar-refractivity contribution in [1.29, 1.82) is 0 Å². The van der Waals surface area contributed by atoms with Crippen LogP contribution in [0.1, 0.15) is 37.4 Å². The van der Waals surface area contributed by atoms with Gasteiger partial charge in [-0.3, -0.25) is 0 Å². The van der Waals surface area contributed by atoms with Crippen LogP contribution >= 0.6 is 0 Å². The Labute approximate surface area is 125 Å². The summed E-state index contributed by atoms with van der Waals surface area (Å²) in [4.78, 5) is 11.7. The van der Waals surface area contributed by atoms with Crippen molar-refractivity contribution in [2.24, 2.45) is 11.8 Å². The smallest absolute Gasteiger partial charge is 0.227 e. The first-order valence-electron chi connectivity index (χ1n) is 8.16. The summed E-state index contributed by atoms with van der Waals surface area (Å²) in [7, 11) is 1.93. The fraction of sp³-hybridized carbons (Fsp3) is 0.750. The Balaban J connectivity index is 1.65. The molecular formula is C16H24N4O. The van der Waals surface area contributed by atoms with Crippen molar-refractivity contribution in [3.63, 3.8) is 0 Å². The summed E-state index contributed by atoms with van der Waals surface area (Å²) < 4.78 is 0. The molecule has 4 rings (SSSR count). The van der Waals surface area contributed by atoms with E-state index >= 15 is 0 Å². The highest BCUT2D eigenvalue weighted by Crippen LogP contribution is 2.47. The maximum atomic E-state index is 10.9. The molecule has 5 heteroatoms. The molecule has 21 heavy (non-hydrogen) atoms. The van der Waals surface area contributed by atoms with E-state index in [9.17, 15) is 5.11 Å². The van der Waals surface area contributed by atoms with E-state index in [1.807, 2.05) is 7.05 Å². The van der Waals surface area contributed by atoms with Crippen LogP contribution in [0.2, 0.25) is 0 Å². The van der Waals surface area contributed by atoms with Crippen LogP contribution in [0, 0.1) is 11.8 Å². The number of anilines is 2. The molecule has 0 bridgehead atoms. The van der Waals surface area contributed by atoms with Crippen molar-refractivity contribution in [3.05, 3.63) is 11.3 Å². The molecule has 1 aliphatic heterocycles. The molecule has 2 fully saturated rings. The van der Waals surface area contributed by atoms with Crippen LogP contribution in [0.3, 0.4) is 0 Å². The van der Waals surface area contributed by atoms with Crippen LogP contribution in [0.5, 0.6) is 0 Å². The van der Waals surface area contributed by atoms with Crippen LogP contribution in [0.25, 0.3) is 0 Å². The first-order chi connectivity index (χ1) is 10.1. The van der Waals surface area contributed by atoms with E-state index in [0.29, 0.717) is 18.4 Å². The number of aliphatic hydroxyl groups is 1. The van der Waals surface area contributed by atoms with Crippen molar-refractivity contribution >= 4 is 11.8 Å². The highest BCUT2D eigenvalue weighted by atomic mass is 16.3. The Hall–Kier alpha value is -1.36. The molecule has 114 valence electrons. The van der Waals surface area contributed by atoms with Gasteiger partial charge in [0, 0.05) is 25.1 Å². The van der Waals surface area contributed by atoms with E-state index in [-0.39, 0.29) is 0 Å². The Bertz CT molecular complexity index is 572. The minimum absolute atomic E-state index is 0.292. The second kappa shape index (κ2) is 4.57. The van der Waals surface area contributed by atoms with Gasteiger partial charge in [0.1, 0.15) is 5.82 Å². The maximum Gasteiger partial charge on any atom is 0.227 e. The Morgan fingerprint density at radius 2 is 2.10 bits per heavy atom. The molecule has 2 N–H and O–H groups in total. The fourth-order valence-corrected chi connectivity index (χ4v) is 4.05. The zero-order chi connectivity index (χ0) is 14.6. The van der Waals surface area contributed by atoms with E-state index in [1.54, 1.807) is 0 Å². The summed E-state index contributed by atoms with van der Waals surface area (Å²) in [5.41, 5.74) is 1.94. The summed E-state index contributed by atoms with van der Waals surface area (Å²) in [5, 5.41) is 14.2. The normalized spacial score (nSPS) is 31.6. The summed E-state index contributed by atoms with van der Waals surface area (Å²) in [6, 6.07) is 0. The average Bonchev–Trinajstić information content (AvgIpc) is 3.16. The van der Waals surface area contributed by atoms with Gasteiger partial charge in [-0.1, -0.05) is 6.92 Å². The maximum absolute atomic E-state index is 10.9. The van der Waals surface area contributed by atoms with Crippen molar-refractivity contribution in [1.82, 2.24) is 9.97 Å². The number of rotatable bonds is 3. The van der Waals surface area contributed by atoms with Gasteiger partial charge >= 0.3 is 0 Å². The molecule has 1 aromatic heterocycles. The molecule has 2 heterocycles. The van der Waals surface area contributed by atoms with Gasteiger partial charge in [-0.2, -0.15) is 4.98 Å². The molecule has 1 aromatic rings. The first-order valence-corrected chi connectivity index (χ1v) is 8.16. The molecule has 0 unspecified atom stereocenters. The minimum atomic E-state index is -0.540. The van der Waals surface area contributed by atoms with E-state index in [2.05, 4.69) is 17.1 Å². The lowest BCUT2D eigenvalue weighted by Crippen LogP contribution is -2.39. The SMILES string of the molecule is CNc1nc(N2C[C@H](C)[C@@](O)(C3CC3)C2)nc2c1CCC2.